The first-order valence-corrected chi connectivity index (χ1v) is 7.18. The number of benzene rings is 1. The first-order chi connectivity index (χ1) is 9.86. The molecular weight excluding hydrogens is 250 g/mol. The third-order valence-electron chi connectivity index (χ3n) is 3.81. The molecule has 1 N–H and O–H groups in total. The van der Waals surface area contributed by atoms with Gasteiger partial charge in [0.05, 0.1) is 24.4 Å². The highest BCUT2D eigenvalue weighted by Crippen LogP contribution is 2.15. The molecule has 3 rings (SSSR count). The second-order valence-electron chi connectivity index (χ2n) is 5.25. The van der Waals surface area contributed by atoms with Crippen LogP contribution in [0.25, 0.3) is 10.9 Å². The molecular formula is C16H21N3O. The summed E-state index contributed by atoms with van der Waals surface area (Å²) in [5.41, 5.74) is 2.20. The molecule has 1 aromatic heterocycles. The summed E-state index contributed by atoms with van der Waals surface area (Å²) in [6.07, 6.45) is 0. The summed E-state index contributed by atoms with van der Waals surface area (Å²) in [6.45, 7) is 4.43. The smallest absolute Gasteiger partial charge is 0.0705 e. The van der Waals surface area contributed by atoms with Crippen LogP contribution >= 0.6 is 0 Å². The van der Waals surface area contributed by atoms with E-state index < -0.39 is 0 Å². The van der Waals surface area contributed by atoms with E-state index in [-0.39, 0.29) is 0 Å². The molecule has 1 aliphatic rings. The van der Waals surface area contributed by atoms with Crippen LogP contribution in [0.5, 0.6) is 0 Å². The van der Waals surface area contributed by atoms with Gasteiger partial charge in [-0.2, -0.15) is 0 Å². The van der Waals surface area contributed by atoms with Crippen molar-refractivity contribution in [2.45, 2.75) is 12.6 Å². The van der Waals surface area contributed by atoms with Crippen LogP contribution < -0.4 is 5.32 Å². The van der Waals surface area contributed by atoms with Gasteiger partial charge < -0.3 is 10.1 Å². The molecule has 2 heterocycles. The minimum absolute atomic E-state index is 0.432. The Morgan fingerprint density at radius 3 is 3.10 bits per heavy atom. The zero-order valence-electron chi connectivity index (χ0n) is 11.9. The second-order valence-corrected chi connectivity index (χ2v) is 5.25. The largest absolute Gasteiger partial charge is 0.378 e. The average Bonchev–Trinajstić information content (AvgIpc) is 2.49. The first kappa shape index (κ1) is 13.5. The van der Waals surface area contributed by atoms with E-state index in [2.05, 4.69) is 40.5 Å². The van der Waals surface area contributed by atoms with Crippen LogP contribution in [0.1, 0.15) is 5.69 Å². The minimum Gasteiger partial charge on any atom is -0.378 e. The first-order valence-electron chi connectivity index (χ1n) is 7.18. The highest BCUT2D eigenvalue weighted by molar-refractivity contribution is 5.78. The number of ether oxygens (including phenoxy) is 1. The number of fused-ring (bicyclic) bond motifs is 1. The van der Waals surface area contributed by atoms with Crippen LogP contribution in [0.4, 0.5) is 0 Å². The van der Waals surface area contributed by atoms with Crippen molar-refractivity contribution in [2.75, 3.05) is 33.4 Å². The Morgan fingerprint density at radius 2 is 2.20 bits per heavy atom. The van der Waals surface area contributed by atoms with Crippen LogP contribution in [-0.4, -0.2) is 49.3 Å². The quantitative estimate of drug-likeness (QED) is 0.917. The fourth-order valence-electron chi connectivity index (χ4n) is 2.73. The summed E-state index contributed by atoms with van der Waals surface area (Å²) < 4.78 is 5.57. The lowest BCUT2D eigenvalue weighted by molar-refractivity contribution is -0.0108. The zero-order chi connectivity index (χ0) is 13.8. The van der Waals surface area contributed by atoms with E-state index in [4.69, 9.17) is 9.72 Å². The van der Waals surface area contributed by atoms with Crippen molar-refractivity contribution in [1.82, 2.24) is 15.2 Å². The van der Waals surface area contributed by atoms with Crippen LogP contribution in [0.15, 0.2) is 36.4 Å². The highest BCUT2D eigenvalue weighted by atomic mass is 16.5. The fraction of sp³-hybridized carbons (Fsp3) is 0.438. The van der Waals surface area contributed by atoms with Gasteiger partial charge in [-0.3, -0.25) is 9.88 Å². The minimum atomic E-state index is 0.432. The van der Waals surface area contributed by atoms with E-state index >= 15 is 0 Å². The lowest BCUT2D eigenvalue weighted by atomic mass is 10.1. The molecule has 1 aliphatic heterocycles. The molecule has 1 saturated heterocycles. The Balaban J connectivity index is 1.77. The van der Waals surface area contributed by atoms with Crippen LogP contribution in [-0.2, 0) is 11.3 Å². The van der Waals surface area contributed by atoms with Crippen LogP contribution in [0, 0.1) is 0 Å². The SMILES string of the molecule is CNCC1COCCN1Cc1ccc2ccccc2n1. The van der Waals surface area contributed by atoms with Gasteiger partial charge in [0, 0.05) is 31.1 Å². The number of pyridine rings is 1. The predicted octanol–water partition coefficient (Wildman–Crippen LogP) is 1.65. The zero-order valence-corrected chi connectivity index (χ0v) is 11.9. The molecule has 4 heteroatoms. The normalized spacial score (nSPS) is 20.4. The highest BCUT2D eigenvalue weighted by Gasteiger charge is 2.22. The summed E-state index contributed by atoms with van der Waals surface area (Å²) in [6, 6.07) is 13.0. The van der Waals surface area contributed by atoms with Crippen molar-refractivity contribution in [1.29, 1.82) is 0 Å². The summed E-state index contributed by atoms with van der Waals surface area (Å²) >= 11 is 0. The third kappa shape index (κ3) is 2.98. The molecule has 20 heavy (non-hydrogen) atoms. The number of hydrogen-bond donors (Lipinski definition) is 1. The van der Waals surface area contributed by atoms with Gasteiger partial charge in [-0.1, -0.05) is 24.3 Å². The number of para-hydroxylation sites is 1. The van der Waals surface area contributed by atoms with Crippen molar-refractivity contribution in [3.05, 3.63) is 42.1 Å². The Bertz CT molecular complexity index is 570. The standard InChI is InChI=1S/C16H21N3O/c1-17-10-15-12-20-9-8-19(15)11-14-7-6-13-4-2-3-5-16(13)18-14/h2-7,15,17H,8-12H2,1H3. The van der Waals surface area contributed by atoms with Gasteiger partial charge in [-0.05, 0) is 19.2 Å². The van der Waals surface area contributed by atoms with Gasteiger partial charge in [-0.25, -0.2) is 0 Å². The average molecular weight is 271 g/mol. The Labute approximate surface area is 119 Å². The Hall–Kier alpha value is -1.49. The Morgan fingerprint density at radius 1 is 1.30 bits per heavy atom. The molecule has 4 nitrogen and oxygen atoms in total. The van der Waals surface area contributed by atoms with E-state index in [0.29, 0.717) is 6.04 Å². The molecule has 0 radical (unpaired) electrons. The fourth-order valence-corrected chi connectivity index (χ4v) is 2.73. The molecule has 1 unspecified atom stereocenters. The summed E-state index contributed by atoms with van der Waals surface area (Å²) in [5.74, 6) is 0. The predicted molar refractivity (Wildman–Crippen MR) is 80.7 cm³/mol. The molecule has 1 fully saturated rings. The van der Waals surface area contributed by atoms with Crippen molar-refractivity contribution in [2.24, 2.45) is 0 Å². The maximum Gasteiger partial charge on any atom is 0.0705 e. The second kappa shape index (κ2) is 6.31. The van der Waals surface area contributed by atoms with Crippen molar-refractivity contribution < 1.29 is 4.74 Å². The maximum absolute atomic E-state index is 5.57. The van der Waals surface area contributed by atoms with Crippen LogP contribution in [0.3, 0.4) is 0 Å². The molecule has 0 aliphatic carbocycles. The van der Waals surface area contributed by atoms with Gasteiger partial charge in [0.25, 0.3) is 0 Å². The number of hydrogen-bond acceptors (Lipinski definition) is 4. The molecule has 106 valence electrons. The van der Waals surface area contributed by atoms with Gasteiger partial charge in [0.15, 0.2) is 0 Å². The molecule has 2 aromatic rings. The summed E-state index contributed by atoms with van der Waals surface area (Å²) in [4.78, 5) is 7.22. The Kier molecular flexibility index (Phi) is 4.25. The van der Waals surface area contributed by atoms with Gasteiger partial charge in [0.2, 0.25) is 0 Å². The lowest BCUT2D eigenvalue weighted by Crippen LogP contribution is -2.49. The van der Waals surface area contributed by atoms with E-state index in [1.807, 2.05) is 13.1 Å². The number of morpholine rings is 1. The van der Waals surface area contributed by atoms with Crippen molar-refractivity contribution >= 4 is 10.9 Å². The van der Waals surface area contributed by atoms with Crippen molar-refractivity contribution in [3.8, 4) is 0 Å². The molecule has 0 bridgehead atoms. The number of likely N-dealkylation sites (N-methyl/N-ethyl adjacent to an activating group) is 1. The lowest BCUT2D eigenvalue weighted by Gasteiger charge is -2.35. The molecule has 1 aromatic carbocycles. The number of nitrogens with zero attached hydrogens (tertiary/aromatic N) is 2. The summed E-state index contributed by atoms with van der Waals surface area (Å²) in [7, 11) is 1.99. The van der Waals surface area contributed by atoms with E-state index in [0.717, 1.165) is 44.1 Å². The number of nitrogens with one attached hydrogen (secondary N) is 1. The molecule has 1 atom stereocenters. The monoisotopic (exact) mass is 271 g/mol. The summed E-state index contributed by atoms with van der Waals surface area (Å²) in [5, 5.41) is 4.44. The molecule has 0 spiro atoms. The number of rotatable bonds is 4. The van der Waals surface area contributed by atoms with E-state index in [1.54, 1.807) is 0 Å². The van der Waals surface area contributed by atoms with Gasteiger partial charge >= 0.3 is 0 Å². The topological polar surface area (TPSA) is 37.4 Å². The number of aromatic nitrogens is 1. The van der Waals surface area contributed by atoms with Crippen LogP contribution in [0.2, 0.25) is 0 Å². The molecule has 0 saturated carbocycles. The van der Waals surface area contributed by atoms with Gasteiger partial charge in [-0.15, -0.1) is 0 Å². The van der Waals surface area contributed by atoms with Crippen molar-refractivity contribution in [3.63, 3.8) is 0 Å². The van der Waals surface area contributed by atoms with Gasteiger partial charge in [0.1, 0.15) is 0 Å². The van der Waals surface area contributed by atoms with E-state index in [1.165, 1.54) is 5.39 Å². The van der Waals surface area contributed by atoms with E-state index in [9.17, 15) is 0 Å². The third-order valence-corrected chi connectivity index (χ3v) is 3.81. The maximum atomic E-state index is 5.57. The molecule has 0 amide bonds.